The monoisotopic (exact) mass is 836 g/mol. The number of alkyl carbamates (subject to hydrolysis) is 2. The molecule has 1 saturated carbocycles. The fourth-order valence-electron chi connectivity index (χ4n) is 8.27. The molecule has 4 N–H and O–H groups in total. The van der Waals surface area contributed by atoms with Gasteiger partial charge in [-0.1, -0.05) is 106 Å². The molecule has 1 aliphatic carbocycles. The number of aliphatic hydroxyl groups excluding tert-OH is 2. The minimum atomic E-state index is -1.47. The van der Waals surface area contributed by atoms with E-state index in [9.17, 15) is 24.6 Å². The van der Waals surface area contributed by atoms with E-state index in [1.807, 2.05) is 99.7 Å². The summed E-state index contributed by atoms with van der Waals surface area (Å²) in [5.41, 5.74) is 1.64. The Morgan fingerprint density at radius 2 is 1.23 bits per heavy atom. The van der Waals surface area contributed by atoms with Crippen LogP contribution < -0.4 is 10.6 Å². The van der Waals surface area contributed by atoms with Gasteiger partial charge in [0.2, 0.25) is 0 Å². The summed E-state index contributed by atoms with van der Waals surface area (Å²) in [6.45, 7) is 5.44. The van der Waals surface area contributed by atoms with Gasteiger partial charge in [-0.05, 0) is 36.3 Å². The topological polar surface area (TPSA) is 199 Å². The number of esters is 1. The Kier molecular flexibility index (Phi) is 14.9. The number of carbonyl (C=O) groups excluding carboxylic acids is 3. The van der Waals surface area contributed by atoms with Gasteiger partial charge in [0.15, 0.2) is 18.9 Å². The van der Waals surface area contributed by atoms with Crippen LogP contribution in [0.3, 0.4) is 0 Å². The third-order valence-corrected chi connectivity index (χ3v) is 11.5. The van der Waals surface area contributed by atoms with Crippen molar-refractivity contribution >= 4 is 18.2 Å². The second kappa shape index (κ2) is 20.4. The SMILES string of the molecule is CC[C@H]1C=C[C@@H](NC(=O)OCc2ccccc2)[C@@H](O[C@H]2[C@@H](O)[C@H](O[C@@H]3[C@H]4OC(=O)C[C@@H]4C[C@H](C)[C@H]3O[C@H]3O[C@H](CC)C=C[C@H]3NC(=O)OCc3ccccc3)O[C@@H]2CO)O1. The lowest BCUT2D eigenvalue weighted by Gasteiger charge is -2.45. The zero-order chi connectivity index (χ0) is 42.2. The van der Waals surface area contributed by atoms with Crippen LogP contribution >= 0.6 is 0 Å². The largest absolute Gasteiger partial charge is 0.459 e. The lowest BCUT2D eigenvalue weighted by molar-refractivity contribution is -0.287. The van der Waals surface area contributed by atoms with Crippen LogP contribution in [0.5, 0.6) is 0 Å². The Morgan fingerprint density at radius 3 is 1.75 bits per heavy atom. The molecule has 0 unspecified atom stereocenters. The summed E-state index contributed by atoms with van der Waals surface area (Å²) in [6.07, 6.45) is -2.45. The number of ether oxygens (including phenoxy) is 9. The number of amides is 2. The third kappa shape index (κ3) is 10.7. The van der Waals surface area contributed by atoms with Gasteiger partial charge < -0.3 is 63.5 Å². The molecule has 0 aromatic heterocycles. The normalized spacial score (nSPS) is 36.0. The second-order valence-corrected chi connectivity index (χ2v) is 15.8. The summed E-state index contributed by atoms with van der Waals surface area (Å²) >= 11 is 0. The number of hydrogen-bond donors (Lipinski definition) is 4. The van der Waals surface area contributed by atoms with Crippen molar-refractivity contribution in [3.05, 3.63) is 96.1 Å². The van der Waals surface area contributed by atoms with E-state index >= 15 is 0 Å². The van der Waals surface area contributed by atoms with Gasteiger partial charge in [-0.2, -0.15) is 0 Å². The summed E-state index contributed by atoms with van der Waals surface area (Å²) in [7, 11) is 0. The first-order valence-corrected chi connectivity index (χ1v) is 20.8. The molecule has 7 rings (SSSR count). The zero-order valence-corrected chi connectivity index (χ0v) is 34.0. The van der Waals surface area contributed by atoms with Crippen molar-refractivity contribution in [2.45, 2.75) is 139 Å². The predicted molar refractivity (Wildman–Crippen MR) is 211 cm³/mol. The van der Waals surface area contributed by atoms with Crippen molar-refractivity contribution < 1.29 is 67.2 Å². The molecular formula is C44H56N2O14. The van der Waals surface area contributed by atoms with Gasteiger partial charge in [-0.3, -0.25) is 4.79 Å². The van der Waals surface area contributed by atoms with Gasteiger partial charge in [0.05, 0.1) is 31.3 Å². The molecule has 2 aromatic carbocycles. The Labute approximate surface area is 349 Å². The minimum Gasteiger partial charge on any atom is -0.459 e. The third-order valence-electron chi connectivity index (χ3n) is 11.5. The summed E-state index contributed by atoms with van der Waals surface area (Å²) < 4.78 is 55.0. The molecule has 16 nitrogen and oxygen atoms in total. The molecule has 2 saturated heterocycles. The number of carbonyl (C=O) groups is 3. The van der Waals surface area contributed by atoms with Crippen molar-refractivity contribution in [2.24, 2.45) is 11.8 Å². The van der Waals surface area contributed by atoms with E-state index in [0.29, 0.717) is 19.3 Å². The van der Waals surface area contributed by atoms with Crippen LogP contribution in [0.2, 0.25) is 0 Å². The second-order valence-electron chi connectivity index (χ2n) is 15.8. The smallest absolute Gasteiger partial charge is 0.408 e. The first-order valence-electron chi connectivity index (χ1n) is 20.8. The highest BCUT2D eigenvalue weighted by Gasteiger charge is 2.56. The van der Waals surface area contributed by atoms with E-state index in [2.05, 4.69) is 10.6 Å². The molecule has 16 heteroatoms. The van der Waals surface area contributed by atoms with E-state index in [1.54, 1.807) is 6.08 Å². The number of fused-ring (bicyclic) bond motifs is 1. The standard InChI is InChI=1S/C44H56N2O14/c1-4-29-16-18-31(45-43(50)52-23-26-12-8-6-9-13-26)40(54-29)58-36-25(3)20-28-21-34(48)57-37(28)39(36)60-42-35(49)38(33(22-47)56-42)59-41-32(19-17-30(5-2)55-41)46-44(51)53-24-27-14-10-7-11-15-27/h6-19,25,28-33,35-42,47,49H,4-5,20-24H2,1-3H3,(H,45,50)(H,46,51)/t25-,28-,29+,30-,31+,32+,33+,35+,36+,37-,38+,39-,40+,41+,42-/m0/s1. The minimum absolute atomic E-state index is 0.0523. The Bertz CT molecular complexity index is 1780. The molecule has 2 amide bonds. The van der Waals surface area contributed by atoms with Gasteiger partial charge in [-0.15, -0.1) is 0 Å². The fraction of sp³-hybridized carbons (Fsp3) is 0.568. The highest BCUT2D eigenvalue weighted by molar-refractivity contribution is 5.72. The molecule has 326 valence electrons. The lowest BCUT2D eigenvalue weighted by atomic mass is 9.76. The molecule has 5 aliphatic rings. The highest BCUT2D eigenvalue weighted by atomic mass is 16.8. The van der Waals surface area contributed by atoms with Gasteiger partial charge in [0.25, 0.3) is 0 Å². The maximum atomic E-state index is 13.0. The first-order chi connectivity index (χ1) is 29.1. The number of nitrogens with one attached hydrogen (secondary N) is 2. The zero-order valence-electron chi connectivity index (χ0n) is 34.0. The maximum absolute atomic E-state index is 13.0. The van der Waals surface area contributed by atoms with Crippen molar-refractivity contribution in [1.82, 2.24) is 10.6 Å². The summed E-state index contributed by atoms with van der Waals surface area (Å²) in [5.74, 6) is -0.783. The summed E-state index contributed by atoms with van der Waals surface area (Å²) in [6, 6.07) is 17.0. The maximum Gasteiger partial charge on any atom is 0.408 e. The Balaban J connectivity index is 1.05. The van der Waals surface area contributed by atoms with Crippen molar-refractivity contribution in [2.75, 3.05) is 6.61 Å². The number of rotatable bonds is 15. The molecule has 2 aromatic rings. The summed E-state index contributed by atoms with van der Waals surface area (Å²) in [4.78, 5) is 38.6. The average molecular weight is 837 g/mol. The van der Waals surface area contributed by atoms with E-state index in [-0.39, 0.29) is 49.6 Å². The molecule has 4 aliphatic heterocycles. The van der Waals surface area contributed by atoms with Crippen LogP contribution in [0.15, 0.2) is 85.0 Å². The quantitative estimate of drug-likeness (QED) is 0.113. The molecule has 0 radical (unpaired) electrons. The molecule has 60 heavy (non-hydrogen) atoms. The summed E-state index contributed by atoms with van der Waals surface area (Å²) in [5, 5.41) is 27.9. The lowest BCUT2D eigenvalue weighted by Crippen LogP contribution is -2.58. The average Bonchev–Trinajstić information content (AvgIpc) is 3.78. The van der Waals surface area contributed by atoms with Gasteiger partial charge in [-0.25, -0.2) is 9.59 Å². The molecule has 3 fully saturated rings. The van der Waals surface area contributed by atoms with Gasteiger partial charge in [0, 0.05) is 5.92 Å². The Hall–Kier alpha value is -4.39. The van der Waals surface area contributed by atoms with E-state index in [0.717, 1.165) is 11.1 Å². The molecule has 4 heterocycles. The number of aliphatic hydroxyl groups is 2. The van der Waals surface area contributed by atoms with E-state index < -0.39 is 86.4 Å². The fourth-order valence-corrected chi connectivity index (χ4v) is 8.27. The number of hydrogen-bond acceptors (Lipinski definition) is 14. The van der Waals surface area contributed by atoms with Crippen molar-refractivity contribution in [1.29, 1.82) is 0 Å². The highest BCUT2D eigenvalue weighted by Crippen LogP contribution is 2.43. The first kappa shape index (κ1) is 43.7. The van der Waals surface area contributed by atoms with Crippen LogP contribution in [0.25, 0.3) is 0 Å². The van der Waals surface area contributed by atoms with Crippen LogP contribution in [0.1, 0.15) is 57.6 Å². The molecular weight excluding hydrogens is 780 g/mol. The Morgan fingerprint density at radius 1 is 0.717 bits per heavy atom. The number of benzene rings is 2. The van der Waals surface area contributed by atoms with Crippen LogP contribution in [0, 0.1) is 11.8 Å². The molecule has 0 spiro atoms. The van der Waals surface area contributed by atoms with Crippen molar-refractivity contribution in [3.8, 4) is 0 Å². The van der Waals surface area contributed by atoms with E-state index in [4.69, 9.17) is 42.6 Å². The van der Waals surface area contributed by atoms with E-state index in [1.165, 1.54) is 0 Å². The molecule has 0 bridgehead atoms. The predicted octanol–water partition coefficient (Wildman–Crippen LogP) is 4.16. The van der Waals surface area contributed by atoms with Gasteiger partial charge in [0.1, 0.15) is 55.8 Å². The van der Waals surface area contributed by atoms with Gasteiger partial charge >= 0.3 is 18.2 Å². The molecule has 15 atom stereocenters. The van der Waals surface area contributed by atoms with Crippen molar-refractivity contribution in [3.63, 3.8) is 0 Å². The van der Waals surface area contributed by atoms with Crippen LogP contribution in [-0.4, -0.2) is 115 Å². The van der Waals surface area contributed by atoms with Crippen LogP contribution in [-0.2, 0) is 60.6 Å². The van der Waals surface area contributed by atoms with Crippen LogP contribution in [0.4, 0.5) is 9.59 Å².